The van der Waals surface area contributed by atoms with Gasteiger partial charge < -0.3 is 0 Å². The highest BCUT2D eigenvalue weighted by molar-refractivity contribution is 5.96. The molecule has 1 aliphatic rings. The van der Waals surface area contributed by atoms with Gasteiger partial charge >= 0.3 is 0 Å². The number of nitrogens with zero attached hydrogens (tertiary/aromatic N) is 2. The molecule has 0 fully saturated rings. The fourth-order valence-corrected chi connectivity index (χ4v) is 1.51. The highest BCUT2D eigenvalue weighted by Crippen LogP contribution is 2.18. The Labute approximate surface area is 65.0 Å². The SMILES string of the molecule is Cn1cc2c(n1)C(=O)CCC2. The summed E-state index contributed by atoms with van der Waals surface area (Å²) in [5, 5.41) is 4.10. The molecule has 0 bridgehead atoms. The van der Waals surface area contributed by atoms with E-state index in [1.807, 2.05) is 13.2 Å². The van der Waals surface area contributed by atoms with E-state index in [4.69, 9.17) is 0 Å². The molecule has 0 saturated carbocycles. The van der Waals surface area contributed by atoms with Crippen molar-refractivity contribution in [1.82, 2.24) is 9.78 Å². The number of rotatable bonds is 0. The standard InChI is InChI=1S/C8H10N2O/c1-10-5-6-3-2-4-7(11)8(6)9-10/h5H,2-4H2,1H3. The van der Waals surface area contributed by atoms with E-state index in [9.17, 15) is 4.79 Å². The minimum atomic E-state index is 0.201. The summed E-state index contributed by atoms with van der Waals surface area (Å²) in [6, 6.07) is 0. The molecule has 2 rings (SSSR count). The van der Waals surface area contributed by atoms with E-state index < -0.39 is 0 Å². The molecule has 0 N–H and O–H groups in total. The molecule has 1 aromatic heterocycles. The van der Waals surface area contributed by atoms with Crippen LogP contribution in [0.3, 0.4) is 0 Å². The third-order valence-corrected chi connectivity index (χ3v) is 2.02. The Bertz CT molecular complexity index is 301. The van der Waals surface area contributed by atoms with Crippen LogP contribution in [0.5, 0.6) is 0 Å². The van der Waals surface area contributed by atoms with Crippen LogP contribution >= 0.6 is 0 Å². The number of Topliss-reactive ketones (excluding diaryl/α,β-unsaturated/α-hetero) is 1. The van der Waals surface area contributed by atoms with Crippen molar-refractivity contribution in [3.05, 3.63) is 17.5 Å². The van der Waals surface area contributed by atoms with Gasteiger partial charge in [0.1, 0.15) is 5.69 Å². The quantitative estimate of drug-likeness (QED) is 0.551. The first-order valence-corrected chi connectivity index (χ1v) is 3.83. The number of hydrogen-bond acceptors (Lipinski definition) is 2. The summed E-state index contributed by atoms with van der Waals surface area (Å²) < 4.78 is 1.72. The first kappa shape index (κ1) is 6.58. The van der Waals surface area contributed by atoms with Gasteiger partial charge in [-0.3, -0.25) is 9.48 Å². The second-order valence-electron chi connectivity index (χ2n) is 2.95. The van der Waals surface area contributed by atoms with E-state index in [-0.39, 0.29) is 5.78 Å². The minimum Gasteiger partial charge on any atom is -0.292 e. The van der Waals surface area contributed by atoms with Crippen LogP contribution in [-0.4, -0.2) is 15.6 Å². The van der Waals surface area contributed by atoms with Gasteiger partial charge in [0.05, 0.1) is 0 Å². The zero-order valence-electron chi connectivity index (χ0n) is 6.50. The maximum absolute atomic E-state index is 11.2. The van der Waals surface area contributed by atoms with Crippen molar-refractivity contribution in [2.45, 2.75) is 19.3 Å². The van der Waals surface area contributed by atoms with Crippen LogP contribution < -0.4 is 0 Å². The second-order valence-corrected chi connectivity index (χ2v) is 2.95. The van der Waals surface area contributed by atoms with Crippen LogP contribution in [-0.2, 0) is 13.5 Å². The van der Waals surface area contributed by atoms with E-state index in [2.05, 4.69) is 5.10 Å². The number of carbonyl (C=O) groups is 1. The van der Waals surface area contributed by atoms with Crippen molar-refractivity contribution in [3.63, 3.8) is 0 Å². The Morgan fingerprint density at radius 3 is 3.09 bits per heavy atom. The molecule has 1 aliphatic carbocycles. The highest BCUT2D eigenvalue weighted by Gasteiger charge is 2.19. The zero-order valence-corrected chi connectivity index (χ0v) is 6.50. The molecule has 1 heterocycles. The molecule has 1 aromatic rings. The van der Waals surface area contributed by atoms with E-state index in [0.29, 0.717) is 12.1 Å². The molecule has 0 aromatic carbocycles. The Morgan fingerprint density at radius 1 is 1.55 bits per heavy atom. The molecular weight excluding hydrogens is 140 g/mol. The first-order chi connectivity index (χ1) is 5.27. The lowest BCUT2D eigenvalue weighted by molar-refractivity contribution is 0.0967. The third kappa shape index (κ3) is 0.964. The Hall–Kier alpha value is -1.12. The summed E-state index contributed by atoms with van der Waals surface area (Å²) >= 11 is 0. The number of aryl methyl sites for hydroxylation is 2. The van der Waals surface area contributed by atoms with Crippen molar-refractivity contribution in [2.24, 2.45) is 7.05 Å². The number of ketones is 1. The van der Waals surface area contributed by atoms with E-state index in [0.717, 1.165) is 18.4 Å². The van der Waals surface area contributed by atoms with Gasteiger partial charge in [-0.1, -0.05) is 0 Å². The Balaban J connectivity index is 2.52. The van der Waals surface area contributed by atoms with Crippen molar-refractivity contribution >= 4 is 5.78 Å². The first-order valence-electron chi connectivity index (χ1n) is 3.83. The summed E-state index contributed by atoms with van der Waals surface area (Å²) in [7, 11) is 1.85. The average molecular weight is 150 g/mol. The Morgan fingerprint density at radius 2 is 2.36 bits per heavy atom. The molecule has 0 unspecified atom stereocenters. The summed E-state index contributed by atoms with van der Waals surface area (Å²) in [6.07, 6.45) is 4.60. The molecule has 0 aliphatic heterocycles. The highest BCUT2D eigenvalue weighted by atomic mass is 16.1. The topological polar surface area (TPSA) is 34.9 Å². The van der Waals surface area contributed by atoms with Gasteiger partial charge in [0.2, 0.25) is 0 Å². The largest absolute Gasteiger partial charge is 0.292 e. The molecule has 0 amide bonds. The van der Waals surface area contributed by atoms with Crippen LogP contribution in [0.15, 0.2) is 6.20 Å². The monoisotopic (exact) mass is 150 g/mol. The molecule has 0 saturated heterocycles. The van der Waals surface area contributed by atoms with Gasteiger partial charge in [-0.15, -0.1) is 0 Å². The lowest BCUT2D eigenvalue weighted by Crippen LogP contribution is -2.09. The lowest BCUT2D eigenvalue weighted by atomic mass is 9.97. The number of hydrogen-bond donors (Lipinski definition) is 0. The number of fused-ring (bicyclic) bond motifs is 1. The molecule has 0 atom stereocenters. The van der Waals surface area contributed by atoms with Crippen LogP contribution in [0.25, 0.3) is 0 Å². The molecule has 11 heavy (non-hydrogen) atoms. The smallest absolute Gasteiger partial charge is 0.183 e. The van der Waals surface area contributed by atoms with Crippen molar-refractivity contribution in [2.75, 3.05) is 0 Å². The van der Waals surface area contributed by atoms with E-state index in [1.54, 1.807) is 4.68 Å². The molecule has 3 heteroatoms. The van der Waals surface area contributed by atoms with E-state index >= 15 is 0 Å². The van der Waals surface area contributed by atoms with Gasteiger partial charge in [-0.25, -0.2) is 0 Å². The second kappa shape index (κ2) is 2.19. The zero-order chi connectivity index (χ0) is 7.84. The molecule has 58 valence electrons. The minimum absolute atomic E-state index is 0.201. The van der Waals surface area contributed by atoms with Gasteiger partial charge in [-0.2, -0.15) is 5.10 Å². The normalized spacial score (nSPS) is 16.6. The molecular formula is C8H10N2O. The van der Waals surface area contributed by atoms with Crippen LogP contribution in [0, 0.1) is 0 Å². The number of carbonyl (C=O) groups excluding carboxylic acids is 1. The Kier molecular flexibility index (Phi) is 1.31. The fraction of sp³-hybridized carbons (Fsp3) is 0.500. The van der Waals surface area contributed by atoms with Gasteiger partial charge in [-0.05, 0) is 12.8 Å². The predicted octanol–water partition coefficient (Wildman–Crippen LogP) is 0.939. The summed E-state index contributed by atoms with van der Waals surface area (Å²) in [5.41, 5.74) is 1.81. The average Bonchev–Trinajstić information content (AvgIpc) is 2.31. The predicted molar refractivity (Wildman–Crippen MR) is 40.5 cm³/mol. The van der Waals surface area contributed by atoms with Gasteiger partial charge in [0.25, 0.3) is 0 Å². The lowest BCUT2D eigenvalue weighted by Gasteiger charge is -2.05. The summed E-state index contributed by atoms with van der Waals surface area (Å²) in [6.45, 7) is 0. The maximum Gasteiger partial charge on any atom is 0.183 e. The fourth-order valence-electron chi connectivity index (χ4n) is 1.51. The van der Waals surface area contributed by atoms with Gasteiger partial charge in [0.15, 0.2) is 5.78 Å². The molecule has 0 radical (unpaired) electrons. The number of aromatic nitrogens is 2. The molecule has 0 spiro atoms. The van der Waals surface area contributed by atoms with Crippen LogP contribution in [0.4, 0.5) is 0 Å². The van der Waals surface area contributed by atoms with Crippen molar-refractivity contribution in [3.8, 4) is 0 Å². The van der Waals surface area contributed by atoms with Crippen LogP contribution in [0.2, 0.25) is 0 Å². The van der Waals surface area contributed by atoms with Crippen LogP contribution in [0.1, 0.15) is 28.9 Å². The van der Waals surface area contributed by atoms with Gasteiger partial charge in [0, 0.05) is 25.2 Å². The maximum atomic E-state index is 11.2. The summed E-state index contributed by atoms with van der Waals surface area (Å²) in [5.74, 6) is 0.201. The van der Waals surface area contributed by atoms with Crippen molar-refractivity contribution in [1.29, 1.82) is 0 Å². The van der Waals surface area contributed by atoms with Crippen molar-refractivity contribution < 1.29 is 4.79 Å². The third-order valence-electron chi connectivity index (χ3n) is 2.02. The van der Waals surface area contributed by atoms with E-state index in [1.165, 1.54) is 0 Å². The molecule has 3 nitrogen and oxygen atoms in total. The summed E-state index contributed by atoms with van der Waals surface area (Å²) in [4.78, 5) is 11.2.